The molecular weight excluding hydrogens is 256 g/mol. The largest absolute Gasteiger partial charge is 0.423 e. The SMILES string of the molecule is CCNCCC(=O)Nc1cc(-c2nnco2)ccc1C. The molecule has 0 saturated heterocycles. The molecule has 106 valence electrons. The maximum atomic E-state index is 11.8. The van der Waals surface area contributed by atoms with Crippen LogP contribution < -0.4 is 10.6 Å². The molecule has 20 heavy (non-hydrogen) atoms. The van der Waals surface area contributed by atoms with Gasteiger partial charge in [-0.1, -0.05) is 13.0 Å². The van der Waals surface area contributed by atoms with E-state index in [1.807, 2.05) is 32.0 Å². The molecule has 0 aliphatic rings. The van der Waals surface area contributed by atoms with Crippen LogP contribution in [0, 0.1) is 6.92 Å². The van der Waals surface area contributed by atoms with Crippen molar-refractivity contribution in [2.75, 3.05) is 18.4 Å². The van der Waals surface area contributed by atoms with Crippen molar-refractivity contribution in [2.45, 2.75) is 20.3 Å². The summed E-state index contributed by atoms with van der Waals surface area (Å²) in [6.45, 7) is 5.48. The number of nitrogens with zero attached hydrogens (tertiary/aromatic N) is 2. The predicted molar refractivity (Wildman–Crippen MR) is 76.3 cm³/mol. The normalized spacial score (nSPS) is 10.5. The molecule has 0 saturated carbocycles. The van der Waals surface area contributed by atoms with E-state index in [9.17, 15) is 4.79 Å². The van der Waals surface area contributed by atoms with Crippen molar-refractivity contribution >= 4 is 11.6 Å². The van der Waals surface area contributed by atoms with Crippen LogP contribution in [0.1, 0.15) is 18.9 Å². The van der Waals surface area contributed by atoms with Gasteiger partial charge in [-0.15, -0.1) is 10.2 Å². The van der Waals surface area contributed by atoms with Crippen LogP contribution in [0.4, 0.5) is 5.69 Å². The molecule has 1 aromatic heterocycles. The fourth-order valence-corrected chi connectivity index (χ4v) is 1.78. The first-order valence-corrected chi connectivity index (χ1v) is 6.58. The Morgan fingerprint density at radius 2 is 2.25 bits per heavy atom. The predicted octanol–water partition coefficient (Wildman–Crippen LogP) is 1.98. The third kappa shape index (κ3) is 3.64. The second-order valence-corrected chi connectivity index (χ2v) is 4.43. The van der Waals surface area contributed by atoms with Gasteiger partial charge in [0.15, 0.2) is 0 Å². The summed E-state index contributed by atoms with van der Waals surface area (Å²) in [4.78, 5) is 11.8. The fraction of sp³-hybridized carbons (Fsp3) is 0.357. The average molecular weight is 274 g/mol. The summed E-state index contributed by atoms with van der Waals surface area (Å²) < 4.78 is 5.15. The summed E-state index contributed by atoms with van der Waals surface area (Å²) >= 11 is 0. The van der Waals surface area contributed by atoms with Gasteiger partial charge in [0.05, 0.1) is 0 Å². The Balaban J connectivity index is 2.07. The molecule has 0 bridgehead atoms. The summed E-state index contributed by atoms with van der Waals surface area (Å²) in [5.41, 5.74) is 2.54. The molecule has 0 unspecified atom stereocenters. The van der Waals surface area contributed by atoms with Crippen molar-refractivity contribution in [3.8, 4) is 11.5 Å². The molecule has 0 radical (unpaired) electrons. The van der Waals surface area contributed by atoms with E-state index in [-0.39, 0.29) is 5.91 Å². The lowest BCUT2D eigenvalue weighted by Gasteiger charge is -2.09. The van der Waals surface area contributed by atoms with E-state index >= 15 is 0 Å². The molecule has 6 heteroatoms. The number of rotatable bonds is 6. The zero-order chi connectivity index (χ0) is 14.4. The number of hydrogen-bond acceptors (Lipinski definition) is 5. The highest BCUT2D eigenvalue weighted by Gasteiger charge is 2.09. The minimum atomic E-state index is -0.0169. The quantitative estimate of drug-likeness (QED) is 0.787. The zero-order valence-corrected chi connectivity index (χ0v) is 11.6. The number of carbonyl (C=O) groups excluding carboxylic acids is 1. The van der Waals surface area contributed by atoms with E-state index in [1.54, 1.807) is 0 Å². The van der Waals surface area contributed by atoms with Crippen LogP contribution in [0.25, 0.3) is 11.5 Å². The van der Waals surface area contributed by atoms with Crippen LogP contribution in [-0.4, -0.2) is 29.2 Å². The molecule has 0 atom stereocenters. The molecule has 2 N–H and O–H groups in total. The molecule has 2 aromatic rings. The number of hydrogen-bond donors (Lipinski definition) is 2. The van der Waals surface area contributed by atoms with Crippen LogP contribution >= 0.6 is 0 Å². The van der Waals surface area contributed by atoms with E-state index in [2.05, 4.69) is 20.8 Å². The van der Waals surface area contributed by atoms with Gasteiger partial charge in [0.2, 0.25) is 18.2 Å². The van der Waals surface area contributed by atoms with Gasteiger partial charge in [-0.2, -0.15) is 0 Å². The number of nitrogens with one attached hydrogen (secondary N) is 2. The molecule has 1 amide bonds. The van der Waals surface area contributed by atoms with E-state index in [4.69, 9.17) is 4.42 Å². The number of anilines is 1. The fourth-order valence-electron chi connectivity index (χ4n) is 1.78. The van der Waals surface area contributed by atoms with Gasteiger partial charge < -0.3 is 15.1 Å². The summed E-state index contributed by atoms with van der Waals surface area (Å²) in [5, 5.41) is 13.5. The number of aryl methyl sites for hydroxylation is 1. The first kappa shape index (κ1) is 14.2. The lowest BCUT2D eigenvalue weighted by atomic mass is 10.1. The smallest absolute Gasteiger partial charge is 0.247 e. The molecule has 2 rings (SSSR count). The second-order valence-electron chi connectivity index (χ2n) is 4.43. The molecule has 0 aliphatic heterocycles. The topological polar surface area (TPSA) is 80.0 Å². The monoisotopic (exact) mass is 274 g/mol. The van der Waals surface area contributed by atoms with Crippen LogP contribution in [0.15, 0.2) is 29.0 Å². The second kappa shape index (κ2) is 6.81. The van der Waals surface area contributed by atoms with Gasteiger partial charge in [-0.25, -0.2) is 0 Å². The number of amides is 1. The zero-order valence-electron chi connectivity index (χ0n) is 11.6. The molecule has 6 nitrogen and oxygen atoms in total. The highest BCUT2D eigenvalue weighted by atomic mass is 16.4. The summed E-state index contributed by atoms with van der Waals surface area (Å²) in [7, 11) is 0. The van der Waals surface area contributed by atoms with Crippen LogP contribution in [0.5, 0.6) is 0 Å². The minimum absolute atomic E-state index is 0.0169. The first-order chi connectivity index (χ1) is 9.70. The molecule has 1 heterocycles. The Kier molecular flexibility index (Phi) is 4.84. The maximum absolute atomic E-state index is 11.8. The number of aromatic nitrogens is 2. The van der Waals surface area contributed by atoms with Crippen molar-refractivity contribution in [1.82, 2.24) is 15.5 Å². The van der Waals surface area contributed by atoms with Gasteiger partial charge in [-0.05, 0) is 31.2 Å². The van der Waals surface area contributed by atoms with Crippen LogP contribution in [0.2, 0.25) is 0 Å². The average Bonchev–Trinajstić information content (AvgIpc) is 2.95. The highest BCUT2D eigenvalue weighted by Crippen LogP contribution is 2.23. The Labute approximate surface area is 117 Å². The standard InChI is InChI=1S/C14H18N4O2/c1-3-15-7-6-13(19)17-12-8-11(5-4-10(12)2)14-18-16-9-20-14/h4-5,8-9,15H,3,6-7H2,1-2H3,(H,17,19). The van der Waals surface area contributed by atoms with E-state index in [0.29, 0.717) is 18.9 Å². The molecule has 0 aliphatic carbocycles. The third-order valence-corrected chi connectivity index (χ3v) is 2.90. The summed E-state index contributed by atoms with van der Waals surface area (Å²) in [6, 6.07) is 5.64. The van der Waals surface area contributed by atoms with E-state index in [1.165, 1.54) is 6.39 Å². The van der Waals surface area contributed by atoms with Gasteiger partial charge in [0, 0.05) is 24.2 Å². The Morgan fingerprint density at radius 3 is 2.95 bits per heavy atom. The molecular formula is C14H18N4O2. The highest BCUT2D eigenvalue weighted by molar-refractivity contribution is 5.92. The number of carbonyl (C=O) groups is 1. The molecule has 1 aromatic carbocycles. The van der Waals surface area contributed by atoms with Gasteiger partial charge in [0.1, 0.15) is 0 Å². The Morgan fingerprint density at radius 1 is 1.40 bits per heavy atom. The lowest BCUT2D eigenvalue weighted by molar-refractivity contribution is -0.116. The molecule has 0 fully saturated rings. The Hall–Kier alpha value is -2.21. The van der Waals surface area contributed by atoms with Crippen molar-refractivity contribution in [1.29, 1.82) is 0 Å². The van der Waals surface area contributed by atoms with Gasteiger partial charge >= 0.3 is 0 Å². The van der Waals surface area contributed by atoms with E-state index in [0.717, 1.165) is 23.4 Å². The Bertz CT molecular complexity index is 567. The van der Waals surface area contributed by atoms with Gasteiger partial charge in [-0.3, -0.25) is 4.79 Å². The van der Waals surface area contributed by atoms with Gasteiger partial charge in [0.25, 0.3) is 0 Å². The lowest BCUT2D eigenvalue weighted by Crippen LogP contribution is -2.21. The maximum Gasteiger partial charge on any atom is 0.247 e. The summed E-state index contributed by atoms with van der Waals surface area (Å²) in [6.07, 6.45) is 1.72. The summed E-state index contributed by atoms with van der Waals surface area (Å²) in [5.74, 6) is 0.421. The van der Waals surface area contributed by atoms with Crippen molar-refractivity contribution in [3.63, 3.8) is 0 Å². The van der Waals surface area contributed by atoms with E-state index < -0.39 is 0 Å². The minimum Gasteiger partial charge on any atom is -0.423 e. The van der Waals surface area contributed by atoms with Crippen molar-refractivity contribution in [3.05, 3.63) is 30.2 Å². The third-order valence-electron chi connectivity index (χ3n) is 2.90. The first-order valence-electron chi connectivity index (χ1n) is 6.58. The van der Waals surface area contributed by atoms with Crippen molar-refractivity contribution < 1.29 is 9.21 Å². The molecule has 0 spiro atoms. The van der Waals surface area contributed by atoms with Crippen LogP contribution in [-0.2, 0) is 4.79 Å². The number of benzene rings is 1. The van der Waals surface area contributed by atoms with Crippen molar-refractivity contribution in [2.24, 2.45) is 0 Å². The van der Waals surface area contributed by atoms with Crippen LogP contribution in [0.3, 0.4) is 0 Å².